The number of amides is 1. The highest BCUT2D eigenvalue weighted by Crippen LogP contribution is 2.22. The molecule has 108 valence electrons. The lowest BCUT2D eigenvalue weighted by Gasteiger charge is -2.12. The highest BCUT2D eigenvalue weighted by atomic mass is 32.2. The minimum atomic E-state index is -3.12. The second kappa shape index (κ2) is 5.24. The van der Waals surface area contributed by atoms with Crippen LogP contribution < -0.4 is 5.32 Å². The molecule has 1 amide bonds. The molecule has 0 bridgehead atoms. The summed E-state index contributed by atoms with van der Waals surface area (Å²) in [6.45, 7) is 1.74. The highest BCUT2D eigenvalue weighted by molar-refractivity contribution is 7.91. The van der Waals surface area contributed by atoms with Crippen molar-refractivity contribution in [2.45, 2.75) is 13.3 Å². The van der Waals surface area contributed by atoms with E-state index >= 15 is 0 Å². The van der Waals surface area contributed by atoms with E-state index in [-0.39, 0.29) is 23.0 Å². The van der Waals surface area contributed by atoms with Gasteiger partial charge in [-0.05, 0) is 31.0 Å². The van der Waals surface area contributed by atoms with E-state index in [2.05, 4.69) is 5.32 Å². The van der Waals surface area contributed by atoms with Gasteiger partial charge in [-0.1, -0.05) is 6.07 Å². The van der Waals surface area contributed by atoms with Crippen molar-refractivity contribution in [3.63, 3.8) is 0 Å². The molecule has 0 radical (unpaired) electrons. The second-order valence-corrected chi connectivity index (χ2v) is 7.15. The standard InChI is InChI=1S/C13H15NO5S/c1-8-2-3-9(13(16)17)6-11(8)14-12(15)10-4-5-20(18,19)7-10/h2-3,6,10H,4-5,7H2,1H3,(H,14,15)(H,16,17). The third-order valence-electron chi connectivity index (χ3n) is 3.35. The van der Waals surface area contributed by atoms with Crippen molar-refractivity contribution in [1.29, 1.82) is 0 Å². The van der Waals surface area contributed by atoms with Gasteiger partial charge in [-0.15, -0.1) is 0 Å². The Hall–Kier alpha value is -1.89. The topological polar surface area (TPSA) is 101 Å². The summed E-state index contributed by atoms with van der Waals surface area (Å²) in [6.07, 6.45) is 0.311. The Balaban J connectivity index is 2.16. The number of anilines is 1. The number of hydrogen-bond acceptors (Lipinski definition) is 4. The van der Waals surface area contributed by atoms with Crippen molar-refractivity contribution < 1.29 is 23.1 Å². The fourth-order valence-corrected chi connectivity index (χ4v) is 3.87. The molecule has 1 aliphatic rings. The number of rotatable bonds is 3. The quantitative estimate of drug-likeness (QED) is 0.869. The number of sulfone groups is 1. The largest absolute Gasteiger partial charge is 0.478 e. The fraction of sp³-hybridized carbons (Fsp3) is 0.385. The lowest BCUT2D eigenvalue weighted by atomic mass is 10.1. The Bertz CT molecular complexity index is 665. The molecule has 1 fully saturated rings. The van der Waals surface area contributed by atoms with Crippen molar-refractivity contribution >= 4 is 27.4 Å². The minimum Gasteiger partial charge on any atom is -0.478 e. The predicted molar refractivity (Wildman–Crippen MR) is 73.5 cm³/mol. The normalized spacial score (nSPS) is 20.6. The van der Waals surface area contributed by atoms with Crippen LogP contribution in [0, 0.1) is 12.8 Å². The molecule has 1 aromatic carbocycles. The summed E-state index contributed by atoms with van der Waals surface area (Å²) in [7, 11) is -3.12. The van der Waals surface area contributed by atoms with Gasteiger partial charge in [-0.3, -0.25) is 4.79 Å². The highest BCUT2D eigenvalue weighted by Gasteiger charge is 2.33. The molecule has 1 aromatic rings. The zero-order valence-corrected chi connectivity index (χ0v) is 11.7. The number of aryl methyl sites for hydroxylation is 1. The van der Waals surface area contributed by atoms with Gasteiger partial charge in [0.2, 0.25) is 5.91 Å². The molecule has 1 saturated heterocycles. The first-order chi connectivity index (χ1) is 9.28. The maximum Gasteiger partial charge on any atom is 0.335 e. The van der Waals surface area contributed by atoms with Gasteiger partial charge in [0.15, 0.2) is 9.84 Å². The average molecular weight is 297 g/mol. The summed E-state index contributed by atoms with van der Waals surface area (Å²) in [4.78, 5) is 22.9. The maximum atomic E-state index is 12.0. The lowest BCUT2D eigenvalue weighted by molar-refractivity contribution is -0.119. The van der Waals surface area contributed by atoms with E-state index in [1.54, 1.807) is 13.0 Å². The van der Waals surface area contributed by atoms with Gasteiger partial charge in [-0.25, -0.2) is 13.2 Å². The summed E-state index contributed by atoms with van der Waals surface area (Å²) >= 11 is 0. The SMILES string of the molecule is Cc1ccc(C(=O)O)cc1NC(=O)C1CCS(=O)(=O)C1. The van der Waals surface area contributed by atoms with Crippen molar-refractivity contribution in [2.75, 3.05) is 16.8 Å². The van der Waals surface area contributed by atoms with Crippen molar-refractivity contribution in [2.24, 2.45) is 5.92 Å². The van der Waals surface area contributed by atoms with E-state index in [0.29, 0.717) is 12.1 Å². The molecule has 0 saturated carbocycles. The number of carbonyl (C=O) groups excluding carboxylic acids is 1. The van der Waals surface area contributed by atoms with Crippen molar-refractivity contribution in [1.82, 2.24) is 0 Å². The summed E-state index contributed by atoms with van der Waals surface area (Å²) in [5.74, 6) is -2.14. The summed E-state index contributed by atoms with van der Waals surface area (Å²) in [5, 5.41) is 11.5. The molecule has 0 spiro atoms. The Morgan fingerprint density at radius 3 is 2.60 bits per heavy atom. The minimum absolute atomic E-state index is 0.0270. The molecule has 1 unspecified atom stereocenters. The summed E-state index contributed by atoms with van der Waals surface area (Å²) in [6, 6.07) is 4.43. The Morgan fingerprint density at radius 1 is 1.35 bits per heavy atom. The molecule has 1 aliphatic heterocycles. The number of nitrogens with one attached hydrogen (secondary N) is 1. The average Bonchev–Trinajstić information content (AvgIpc) is 2.72. The van der Waals surface area contributed by atoms with E-state index in [4.69, 9.17) is 5.11 Å². The molecular weight excluding hydrogens is 282 g/mol. The summed E-state index contributed by atoms with van der Waals surface area (Å²) in [5.41, 5.74) is 1.20. The van der Waals surface area contributed by atoms with Gasteiger partial charge in [-0.2, -0.15) is 0 Å². The Morgan fingerprint density at radius 2 is 2.05 bits per heavy atom. The van der Waals surface area contributed by atoms with Crippen LogP contribution in [0.5, 0.6) is 0 Å². The zero-order chi connectivity index (χ0) is 14.9. The van der Waals surface area contributed by atoms with Crippen LogP contribution in [0.1, 0.15) is 22.3 Å². The van der Waals surface area contributed by atoms with Crippen LogP contribution in [0.4, 0.5) is 5.69 Å². The van der Waals surface area contributed by atoms with Gasteiger partial charge < -0.3 is 10.4 Å². The van der Waals surface area contributed by atoms with E-state index in [1.165, 1.54) is 12.1 Å². The van der Waals surface area contributed by atoms with Crippen LogP contribution >= 0.6 is 0 Å². The number of carbonyl (C=O) groups is 2. The van der Waals surface area contributed by atoms with E-state index in [1.807, 2.05) is 0 Å². The molecule has 0 aliphatic carbocycles. The van der Waals surface area contributed by atoms with E-state index < -0.39 is 21.7 Å². The van der Waals surface area contributed by atoms with E-state index in [0.717, 1.165) is 5.56 Å². The van der Waals surface area contributed by atoms with Gasteiger partial charge in [0, 0.05) is 5.69 Å². The number of hydrogen-bond donors (Lipinski definition) is 2. The summed E-state index contributed by atoms with van der Waals surface area (Å²) < 4.78 is 22.7. The predicted octanol–water partition coefficient (Wildman–Crippen LogP) is 1.07. The maximum absolute atomic E-state index is 12.0. The monoisotopic (exact) mass is 297 g/mol. The fourth-order valence-electron chi connectivity index (χ4n) is 2.13. The molecule has 1 atom stereocenters. The van der Waals surface area contributed by atoms with Gasteiger partial charge in [0.1, 0.15) is 0 Å². The smallest absolute Gasteiger partial charge is 0.335 e. The molecular formula is C13H15NO5S. The molecule has 6 nitrogen and oxygen atoms in total. The van der Waals surface area contributed by atoms with Gasteiger partial charge in [0.25, 0.3) is 0 Å². The van der Waals surface area contributed by atoms with Crippen molar-refractivity contribution in [3.05, 3.63) is 29.3 Å². The Kier molecular flexibility index (Phi) is 3.80. The van der Waals surface area contributed by atoms with Gasteiger partial charge >= 0.3 is 5.97 Å². The number of carboxylic acid groups (broad SMARTS) is 1. The lowest BCUT2D eigenvalue weighted by Crippen LogP contribution is -2.24. The molecule has 7 heteroatoms. The van der Waals surface area contributed by atoms with Crippen LogP contribution in [0.15, 0.2) is 18.2 Å². The van der Waals surface area contributed by atoms with Crippen LogP contribution in [-0.4, -0.2) is 36.9 Å². The number of benzene rings is 1. The van der Waals surface area contributed by atoms with Crippen LogP contribution in [0.25, 0.3) is 0 Å². The first-order valence-electron chi connectivity index (χ1n) is 6.14. The van der Waals surface area contributed by atoms with Crippen LogP contribution in [0.3, 0.4) is 0 Å². The molecule has 1 heterocycles. The van der Waals surface area contributed by atoms with Crippen LogP contribution in [-0.2, 0) is 14.6 Å². The number of aromatic carboxylic acids is 1. The second-order valence-electron chi connectivity index (χ2n) is 4.92. The van der Waals surface area contributed by atoms with E-state index in [9.17, 15) is 18.0 Å². The molecule has 0 aromatic heterocycles. The Labute approximate surface area is 116 Å². The number of carboxylic acids is 1. The molecule has 2 rings (SSSR count). The van der Waals surface area contributed by atoms with Crippen molar-refractivity contribution in [3.8, 4) is 0 Å². The van der Waals surface area contributed by atoms with Gasteiger partial charge in [0.05, 0.1) is 23.0 Å². The first-order valence-corrected chi connectivity index (χ1v) is 7.96. The molecule has 20 heavy (non-hydrogen) atoms. The third-order valence-corrected chi connectivity index (χ3v) is 5.11. The molecule has 2 N–H and O–H groups in total. The van der Waals surface area contributed by atoms with Crippen LogP contribution in [0.2, 0.25) is 0 Å². The third kappa shape index (κ3) is 3.16. The zero-order valence-electron chi connectivity index (χ0n) is 10.9. The first kappa shape index (κ1) is 14.5.